The molecule has 0 aliphatic carbocycles. The Balaban J connectivity index is 0.895. The Kier molecular flexibility index (Phi) is 8.49. The van der Waals surface area contributed by atoms with Crippen molar-refractivity contribution in [1.82, 2.24) is 20.4 Å². The molecule has 4 heterocycles. The number of carbonyl (C=O) groups excluding carboxylic acids is 2. The molecule has 1 amide bonds. The molecule has 6 rings (SSSR count). The first-order valence-electron chi connectivity index (χ1n) is 13.0. The molecule has 0 saturated heterocycles. The molecule has 41 heavy (non-hydrogen) atoms. The lowest BCUT2D eigenvalue weighted by atomic mass is 10.1. The molecule has 12 heteroatoms. The van der Waals surface area contributed by atoms with Gasteiger partial charge in [-0.05, 0) is 23.6 Å². The van der Waals surface area contributed by atoms with Crippen LogP contribution in [-0.4, -0.2) is 43.6 Å². The van der Waals surface area contributed by atoms with E-state index < -0.39 is 0 Å². The van der Waals surface area contributed by atoms with Crippen molar-refractivity contribution in [2.75, 3.05) is 16.8 Å². The molecule has 0 bridgehead atoms. The minimum Gasteiger partial charge on any atom is -0.464 e. The molecule has 0 aliphatic rings. The number of amides is 1. The first kappa shape index (κ1) is 27.3. The van der Waals surface area contributed by atoms with Crippen LogP contribution in [0.5, 0.6) is 0 Å². The lowest BCUT2D eigenvalue weighted by Gasteiger charge is -1.99. The van der Waals surface area contributed by atoms with Gasteiger partial charge in [0, 0.05) is 41.2 Å². The van der Waals surface area contributed by atoms with E-state index in [9.17, 15) is 9.59 Å². The van der Waals surface area contributed by atoms with Crippen LogP contribution in [0.3, 0.4) is 0 Å². The predicted molar refractivity (Wildman–Crippen MR) is 162 cm³/mol. The van der Waals surface area contributed by atoms with Gasteiger partial charge in [0.15, 0.2) is 0 Å². The van der Waals surface area contributed by atoms with Gasteiger partial charge in [-0.1, -0.05) is 47.7 Å². The van der Waals surface area contributed by atoms with Crippen molar-refractivity contribution in [3.63, 3.8) is 0 Å². The second-order valence-corrected chi connectivity index (χ2v) is 12.8. The van der Waals surface area contributed by atoms with Gasteiger partial charge < -0.3 is 14.2 Å². The average molecular weight is 604 g/mol. The molecule has 2 aromatic carbocycles. The van der Waals surface area contributed by atoms with Crippen LogP contribution in [0.1, 0.15) is 26.1 Å². The van der Waals surface area contributed by atoms with Crippen LogP contribution >= 0.6 is 34.4 Å². The first-order chi connectivity index (χ1) is 20.1. The normalized spacial score (nSPS) is 11.4. The number of hydrogen-bond acceptors (Lipinski definition) is 11. The minimum absolute atomic E-state index is 0.0937. The molecule has 0 unspecified atom stereocenters. The van der Waals surface area contributed by atoms with E-state index in [1.54, 1.807) is 24.3 Å². The number of aryl methyl sites for hydroxylation is 2. The molecular weight excluding hydrogens is 579 g/mol. The molecular formula is C29H25N5O4S3. The number of nitrogens with zero attached hydrogens (tertiary/aromatic N) is 4. The first-order valence-corrected chi connectivity index (χ1v) is 15.8. The number of rotatable bonds is 13. The van der Waals surface area contributed by atoms with Crippen LogP contribution in [0.4, 0.5) is 5.13 Å². The molecule has 0 fully saturated rings. The van der Waals surface area contributed by atoms with Gasteiger partial charge in [-0.2, -0.15) is 11.8 Å². The van der Waals surface area contributed by atoms with Crippen molar-refractivity contribution >= 4 is 73.2 Å². The quantitative estimate of drug-likeness (QED) is 0.160. The molecule has 6 aromatic rings. The number of nitrogens with one attached hydrogen (secondary N) is 1. The molecule has 9 nitrogen and oxygen atoms in total. The SMILES string of the molecule is O=C(Cc1nnc(CCSCCc2nnc(NC(=O)Cc3coc4ccccc34)s2)s1)Cc1coc2ccccc12. The van der Waals surface area contributed by atoms with Crippen LogP contribution in [0.15, 0.2) is 69.9 Å². The fourth-order valence-corrected chi connectivity index (χ4v) is 7.17. The molecule has 0 radical (unpaired) electrons. The van der Waals surface area contributed by atoms with Gasteiger partial charge in [0.05, 0.1) is 25.4 Å². The lowest BCUT2D eigenvalue weighted by molar-refractivity contribution is -0.118. The summed E-state index contributed by atoms with van der Waals surface area (Å²) >= 11 is 4.69. The highest BCUT2D eigenvalue weighted by atomic mass is 32.2. The maximum Gasteiger partial charge on any atom is 0.230 e. The van der Waals surface area contributed by atoms with E-state index in [0.717, 1.165) is 72.4 Å². The van der Waals surface area contributed by atoms with Gasteiger partial charge in [-0.3, -0.25) is 9.59 Å². The average Bonchev–Trinajstić information content (AvgIpc) is 3.78. The van der Waals surface area contributed by atoms with Crippen LogP contribution in [0.25, 0.3) is 21.9 Å². The maximum atomic E-state index is 12.6. The fourth-order valence-electron chi connectivity index (χ4n) is 4.41. The van der Waals surface area contributed by atoms with Crippen molar-refractivity contribution in [1.29, 1.82) is 0 Å². The molecule has 0 spiro atoms. The summed E-state index contributed by atoms with van der Waals surface area (Å²) in [5.41, 5.74) is 3.30. The lowest BCUT2D eigenvalue weighted by Crippen LogP contribution is -2.13. The highest BCUT2D eigenvalue weighted by molar-refractivity contribution is 7.99. The summed E-state index contributed by atoms with van der Waals surface area (Å²) in [5, 5.41) is 24.6. The number of thioether (sulfide) groups is 1. The topological polar surface area (TPSA) is 124 Å². The van der Waals surface area contributed by atoms with E-state index in [4.69, 9.17) is 8.83 Å². The van der Waals surface area contributed by atoms with Crippen molar-refractivity contribution in [3.05, 3.63) is 87.2 Å². The van der Waals surface area contributed by atoms with Crippen molar-refractivity contribution in [2.24, 2.45) is 0 Å². The Morgan fingerprint density at radius 1 is 0.707 bits per heavy atom. The molecule has 4 aromatic heterocycles. The second kappa shape index (κ2) is 12.8. The third-order valence-electron chi connectivity index (χ3n) is 6.35. The standard InChI is InChI=1S/C29H25N5O4S3/c35-20(13-18-16-37-23-7-3-1-5-21(18)23)15-28-33-31-26(40-28)9-11-39-12-10-27-32-34-29(41-27)30-25(36)14-19-17-38-24-8-4-2-6-22(19)24/h1-8,16-17H,9-15H2,(H,30,34,36). The Morgan fingerprint density at radius 2 is 1.29 bits per heavy atom. The third kappa shape index (κ3) is 6.89. The molecule has 0 saturated carbocycles. The van der Waals surface area contributed by atoms with E-state index in [0.29, 0.717) is 11.6 Å². The van der Waals surface area contributed by atoms with Crippen LogP contribution in [0, 0.1) is 0 Å². The Labute approximate surface area is 247 Å². The van der Waals surface area contributed by atoms with Gasteiger partial charge in [-0.15, -0.1) is 31.7 Å². The number of furan rings is 2. The molecule has 0 atom stereocenters. The van der Waals surface area contributed by atoms with Gasteiger partial charge >= 0.3 is 0 Å². The zero-order valence-electron chi connectivity index (χ0n) is 21.9. The summed E-state index contributed by atoms with van der Waals surface area (Å²) in [7, 11) is 0. The smallest absolute Gasteiger partial charge is 0.230 e. The van der Waals surface area contributed by atoms with Crippen molar-refractivity contribution in [3.8, 4) is 0 Å². The molecule has 0 aliphatic heterocycles. The number of carbonyl (C=O) groups is 2. The van der Waals surface area contributed by atoms with Gasteiger partial charge in [0.25, 0.3) is 0 Å². The number of fused-ring (bicyclic) bond motifs is 2. The van der Waals surface area contributed by atoms with E-state index >= 15 is 0 Å². The number of para-hydroxylation sites is 2. The Hall–Kier alpha value is -3.87. The Bertz CT molecular complexity index is 1670. The number of ketones is 1. The number of benzene rings is 2. The largest absolute Gasteiger partial charge is 0.464 e. The van der Waals surface area contributed by atoms with Crippen LogP contribution in [-0.2, 0) is 41.7 Å². The van der Waals surface area contributed by atoms with Gasteiger partial charge in [-0.25, -0.2) is 0 Å². The summed E-state index contributed by atoms with van der Waals surface area (Å²) in [6.45, 7) is 0. The summed E-state index contributed by atoms with van der Waals surface area (Å²) in [5.74, 6) is 1.72. The van der Waals surface area contributed by atoms with E-state index in [-0.39, 0.29) is 24.5 Å². The minimum atomic E-state index is -0.151. The molecule has 1 N–H and O–H groups in total. The summed E-state index contributed by atoms with van der Waals surface area (Å²) in [6.07, 6.45) is 5.66. The van der Waals surface area contributed by atoms with Gasteiger partial charge in [0.2, 0.25) is 11.0 Å². The summed E-state index contributed by atoms with van der Waals surface area (Å²) in [6, 6.07) is 15.4. The number of hydrogen-bond donors (Lipinski definition) is 1. The van der Waals surface area contributed by atoms with Gasteiger partial charge in [0.1, 0.15) is 32.0 Å². The number of Topliss-reactive ketones (excluding diaryl/α,β-unsaturated/α-hetero) is 1. The number of aromatic nitrogens is 4. The third-order valence-corrected chi connectivity index (χ3v) is 9.22. The summed E-state index contributed by atoms with van der Waals surface area (Å²) < 4.78 is 11.0. The monoisotopic (exact) mass is 603 g/mol. The maximum absolute atomic E-state index is 12.6. The van der Waals surface area contributed by atoms with E-state index in [2.05, 4.69) is 25.7 Å². The summed E-state index contributed by atoms with van der Waals surface area (Å²) in [4.78, 5) is 25.1. The van der Waals surface area contributed by atoms with E-state index in [1.165, 1.54) is 22.7 Å². The second-order valence-electron chi connectivity index (χ2n) is 9.33. The van der Waals surface area contributed by atoms with Crippen LogP contribution < -0.4 is 5.32 Å². The van der Waals surface area contributed by atoms with Crippen molar-refractivity contribution in [2.45, 2.75) is 32.1 Å². The predicted octanol–water partition coefficient (Wildman–Crippen LogP) is 5.94. The zero-order chi connectivity index (χ0) is 28.0. The fraction of sp³-hybridized carbons (Fsp3) is 0.241. The zero-order valence-corrected chi connectivity index (χ0v) is 24.3. The van der Waals surface area contributed by atoms with Crippen LogP contribution in [0.2, 0.25) is 0 Å². The highest BCUT2D eigenvalue weighted by Crippen LogP contribution is 2.24. The number of anilines is 1. The highest BCUT2D eigenvalue weighted by Gasteiger charge is 2.15. The Morgan fingerprint density at radius 3 is 2.00 bits per heavy atom. The van der Waals surface area contributed by atoms with Crippen molar-refractivity contribution < 1.29 is 18.4 Å². The molecule has 208 valence electrons. The van der Waals surface area contributed by atoms with E-state index in [1.807, 2.05) is 48.5 Å².